The van der Waals surface area contributed by atoms with Gasteiger partial charge in [-0.3, -0.25) is 0 Å². The number of phenolic OH excluding ortho intramolecular Hbond substituents is 17. The van der Waals surface area contributed by atoms with Crippen LogP contribution in [-0.2, 0) is 23.7 Å². The molecule has 89 heavy (non-hydrogen) atoms. The van der Waals surface area contributed by atoms with Gasteiger partial charge in [-0.05, 0) is 24.3 Å². The van der Waals surface area contributed by atoms with Crippen molar-refractivity contribution < 1.29 is 153 Å². The van der Waals surface area contributed by atoms with E-state index in [2.05, 4.69) is 0 Å². The van der Waals surface area contributed by atoms with Crippen LogP contribution in [0.4, 0.5) is 0 Å². The second-order valence-corrected chi connectivity index (χ2v) is 19.8. The molecule has 7 heterocycles. The number of carbonyl (C=O) groups is 4. The van der Waals surface area contributed by atoms with E-state index in [4.69, 9.17) is 41.7 Å². The predicted molar refractivity (Wildman–Crippen MR) is 282 cm³/mol. The van der Waals surface area contributed by atoms with Gasteiger partial charge in [-0.2, -0.15) is 0 Å². The van der Waals surface area contributed by atoms with E-state index in [1.165, 1.54) is 0 Å². The molecule has 0 amide bonds. The summed E-state index contributed by atoms with van der Waals surface area (Å²) in [7, 11) is 0. The van der Waals surface area contributed by atoms with Crippen LogP contribution >= 0.6 is 0 Å². The van der Waals surface area contributed by atoms with Gasteiger partial charge in [0.1, 0.15) is 18.3 Å². The van der Waals surface area contributed by atoms with Crippen LogP contribution in [0.5, 0.6) is 109 Å². The highest BCUT2D eigenvalue weighted by Gasteiger charge is 2.54. The first kappa shape index (κ1) is 55.3. The summed E-state index contributed by atoms with van der Waals surface area (Å²) in [6.45, 7) is -1.56. The molecule has 1 fully saturated rings. The van der Waals surface area contributed by atoms with Crippen LogP contribution < -0.4 is 21.6 Å². The smallest absolute Gasteiger partial charge is 0.345 e. The summed E-state index contributed by atoms with van der Waals surface area (Å²) < 4.78 is 50.2. The quantitative estimate of drug-likeness (QED) is 0.0341. The van der Waals surface area contributed by atoms with Crippen molar-refractivity contribution in [2.45, 2.75) is 30.7 Å². The van der Waals surface area contributed by atoms with Crippen molar-refractivity contribution in [1.29, 1.82) is 0 Å². The van der Waals surface area contributed by atoms with E-state index in [0.717, 1.165) is 0 Å². The van der Waals surface area contributed by atoms with Crippen LogP contribution in [0.1, 0.15) is 41.4 Å². The van der Waals surface area contributed by atoms with E-state index in [1.54, 1.807) is 0 Å². The van der Waals surface area contributed by atoms with Crippen LogP contribution in [0.2, 0.25) is 0 Å². The number of aromatic hydroxyl groups is 17. The molecule has 8 bridgehead atoms. The van der Waals surface area contributed by atoms with Crippen molar-refractivity contribution in [1.82, 2.24) is 0 Å². The van der Waals surface area contributed by atoms with Crippen molar-refractivity contribution in [3.05, 3.63) is 83.8 Å². The lowest BCUT2D eigenvalue weighted by atomic mass is 9.88. The van der Waals surface area contributed by atoms with Crippen LogP contribution in [0.15, 0.2) is 58.0 Å². The van der Waals surface area contributed by atoms with Gasteiger partial charge in [0.2, 0.25) is 46.0 Å². The third kappa shape index (κ3) is 7.46. The van der Waals surface area contributed by atoms with E-state index in [0.29, 0.717) is 24.3 Å². The molecule has 4 aliphatic heterocycles. The van der Waals surface area contributed by atoms with Gasteiger partial charge in [0.05, 0.1) is 32.8 Å². The van der Waals surface area contributed by atoms with E-state index in [9.17, 15) is 116 Å². The predicted octanol–water partition coefficient (Wildman–Crippen LogP) is 3.05. The molecule has 0 radical (unpaired) electrons. The summed E-state index contributed by atoms with van der Waals surface area (Å²) in [5.41, 5.74) is -19.0. The minimum Gasteiger partial charge on any atom is -0.504 e. The highest BCUT2D eigenvalue weighted by molar-refractivity contribution is 6.29. The summed E-state index contributed by atoms with van der Waals surface area (Å²) >= 11 is 0. The molecule has 18 N–H and O–H groups in total. The summed E-state index contributed by atoms with van der Waals surface area (Å²) in [6.07, 6.45) is -13.8. The molecule has 4 aliphatic rings. The van der Waals surface area contributed by atoms with Crippen molar-refractivity contribution in [3.63, 3.8) is 0 Å². The average Bonchev–Trinajstić information content (AvgIpc) is 0.906. The van der Waals surface area contributed by atoms with Crippen LogP contribution in [0.3, 0.4) is 0 Å². The minimum absolute atomic E-state index is 0.249. The van der Waals surface area contributed by atoms with Gasteiger partial charge in [-0.15, -0.1) is 0 Å². The molecule has 0 unspecified atom stereocenters. The number of hydrogen-bond donors (Lipinski definition) is 18. The molecular formula is C55H30O34. The van der Waals surface area contributed by atoms with Crippen molar-refractivity contribution >= 4 is 78.3 Å². The number of aliphatic hydroxyl groups is 1. The molecule has 1 saturated heterocycles. The maximum atomic E-state index is 15.3. The molecule has 0 aliphatic carbocycles. The summed E-state index contributed by atoms with van der Waals surface area (Å²) in [4.78, 5) is 102. The Morgan fingerprint density at radius 2 is 0.764 bits per heavy atom. The molecule has 7 aromatic carbocycles. The number of ether oxygens (including phenoxy) is 6. The molecule has 10 aromatic rings. The summed E-state index contributed by atoms with van der Waals surface area (Å²) in [5, 5.41) is 196. The molecule has 5 atom stereocenters. The number of hydrogen-bond acceptors (Lipinski definition) is 34. The van der Waals surface area contributed by atoms with Gasteiger partial charge < -0.3 is 134 Å². The van der Waals surface area contributed by atoms with Crippen molar-refractivity contribution in [3.8, 4) is 131 Å². The fourth-order valence-corrected chi connectivity index (χ4v) is 11.0. The second kappa shape index (κ2) is 18.6. The van der Waals surface area contributed by atoms with E-state index < -0.39 is 286 Å². The highest BCUT2D eigenvalue weighted by Crippen LogP contribution is 2.59. The van der Waals surface area contributed by atoms with Crippen LogP contribution in [-0.4, -0.2) is 153 Å². The minimum atomic E-state index is -2.86. The lowest BCUT2D eigenvalue weighted by Crippen LogP contribution is -2.62. The number of esters is 4. The Bertz CT molecular complexity index is 5190. The molecule has 0 saturated carbocycles. The average molecular weight is 1230 g/mol. The Kier molecular flexibility index (Phi) is 11.6. The zero-order valence-corrected chi connectivity index (χ0v) is 43.1. The van der Waals surface area contributed by atoms with Gasteiger partial charge in [0.15, 0.2) is 105 Å². The molecule has 14 rings (SSSR count). The maximum Gasteiger partial charge on any atom is 0.345 e. The van der Waals surface area contributed by atoms with Gasteiger partial charge in [-0.25, -0.2) is 33.6 Å². The molecular weight excluding hydrogens is 1200 g/mol. The fraction of sp³-hybridized carbons (Fsp3) is 0.109. The van der Waals surface area contributed by atoms with Crippen molar-refractivity contribution in [2.24, 2.45) is 0 Å². The molecule has 454 valence electrons. The molecule has 3 aromatic heterocycles. The lowest BCUT2D eigenvalue weighted by Gasteiger charge is -2.43. The zero-order chi connectivity index (χ0) is 63.9. The number of fused-ring (bicyclic) bond motifs is 9. The van der Waals surface area contributed by atoms with Crippen LogP contribution in [0, 0.1) is 0 Å². The summed E-state index contributed by atoms with van der Waals surface area (Å²) in [5.74, 6) is -35.8. The van der Waals surface area contributed by atoms with Gasteiger partial charge >= 0.3 is 40.8 Å². The number of rotatable bonds is 0. The standard InChI is InChI=1S/C55H30O34/c56-12-1-7-19(33(66)29(12)62)22-26-24-25-27(54(79)86-43(24)38(71)35(22)68)23(36(69)39(72)44(25)85-53(26)78)20-9(3-14(58)30(63)34(20)67)49(74)84-42-17(6-81-48(7)73)82-55(80)47-46(42)88-51(76)10-4-16(60)41(83-40-11(52(77)89-47)5-15(59)31(64)37(40)70)45-21(10)18-8(50(75)87-45)2-13(57)28(61)32(18)65/h1-5,17,42,46-47,55-72,80H,6H2/t17-,42-,46+,47-,55+/m1/s1. The summed E-state index contributed by atoms with van der Waals surface area (Å²) in [6, 6.07) is 1.82. The maximum absolute atomic E-state index is 15.3. The number of aliphatic hydroxyl groups excluding tert-OH is 1. The first-order chi connectivity index (χ1) is 42.0. The van der Waals surface area contributed by atoms with E-state index in [1.807, 2.05) is 0 Å². The number of phenols is 17. The second-order valence-electron chi connectivity index (χ2n) is 19.8. The molecule has 34 heteroatoms. The SMILES string of the molecule is O=C1O[C@@H]2[C@@H](OC(=O)c3cc(O)c(c4oc(=O)c5cc(O)c(O)c(O)c5c34)Oc3c1cc(O)c(O)c3O)[C@@H]1OC(=O)c3cc(O)c(O)c(O)c3-c3c(O)c(O)c4oc(=O)c5c(c(O)c(O)c6oc(=O)c3c4c65)-c3c(cc(O)c(O)c3O)C(=O)OC[C@H]1O[C@@H]2O. The Hall–Kier alpha value is -12.9. The fourth-order valence-electron chi connectivity index (χ4n) is 11.0. The first-order valence-corrected chi connectivity index (χ1v) is 24.8. The third-order valence-corrected chi connectivity index (χ3v) is 15.0. The number of benzene rings is 7. The van der Waals surface area contributed by atoms with E-state index >= 15 is 9.59 Å². The Balaban J connectivity index is 1.12. The first-order valence-electron chi connectivity index (χ1n) is 24.8. The number of cyclic esters (lactones) is 1. The highest BCUT2D eigenvalue weighted by atomic mass is 16.7. The Morgan fingerprint density at radius 3 is 1.33 bits per heavy atom. The zero-order valence-electron chi connectivity index (χ0n) is 43.1. The van der Waals surface area contributed by atoms with Gasteiger partial charge in [-0.1, -0.05) is 0 Å². The largest absolute Gasteiger partial charge is 0.504 e. The lowest BCUT2D eigenvalue weighted by molar-refractivity contribution is -0.284. The third-order valence-electron chi connectivity index (χ3n) is 15.0. The Morgan fingerprint density at radius 1 is 0.337 bits per heavy atom. The molecule has 34 nitrogen and oxygen atoms in total. The van der Waals surface area contributed by atoms with Crippen LogP contribution in [0.25, 0.3) is 76.7 Å². The van der Waals surface area contributed by atoms with Crippen molar-refractivity contribution in [2.75, 3.05) is 6.61 Å². The topological polar surface area (TPSA) is 578 Å². The number of carbonyl (C=O) groups excluding carboxylic acids is 4. The normalized spacial score (nSPS) is 18.5. The molecule has 0 spiro atoms. The van der Waals surface area contributed by atoms with Gasteiger partial charge in [0.25, 0.3) is 0 Å². The Labute approximate surface area is 482 Å². The van der Waals surface area contributed by atoms with E-state index in [-0.39, 0.29) is 6.07 Å². The van der Waals surface area contributed by atoms with Gasteiger partial charge in [0, 0.05) is 49.9 Å². The monoisotopic (exact) mass is 1230 g/mol.